The SMILES string of the molecule is C#CC(O)c1cnn2c3c(c(=O)n(-c4ccc(C(=O)NC)cc4)c12)CCN(C(=O)OC(C)(C)C)C3. The lowest BCUT2D eigenvalue weighted by atomic mass is 10.1. The molecule has 182 valence electrons. The lowest BCUT2D eigenvalue weighted by Gasteiger charge is -2.31. The quantitative estimate of drug-likeness (QED) is 0.556. The Bertz CT molecular complexity index is 1410. The third-order valence-electron chi connectivity index (χ3n) is 5.74. The van der Waals surface area contributed by atoms with Crippen LogP contribution < -0.4 is 10.9 Å². The molecular formula is C25H27N5O5. The third kappa shape index (κ3) is 4.38. The summed E-state index contributed by atoms with van der Waals surface area (Å²) < 4.78 is 8.47. The van der Waals surface area contributed by atoms with Gasteiger partial charge in [0.1, 0.15) is 17.4 Å². The molecule has 0 aliphatic carbocycles. The number of aliphatic hydroxyl groups excluding tert-OH is 1. The maximum absolute atomic E-state index is 13.7. The highest BCUT2D eigenvalue weighted by Crippen LogP contribution is 2.26. The van der Waals surface area contributed by atoms with Crippen LogP contribution in [-0.4, -0.2) is 55.4 Å². The third-order valence-corrected chi connectivity index (χ3v) is 5.74. The fourth-order valence-corrected chi connectivity index (χ4v) is 4.09. The highest BCUT2D eigenvalue weighted by atomic mass is 16.6. The van der Waals surface area contributed by atoms with E-state index in [1.54, 1.807) is 45.0 Å². The molecule has 0 fully saturated rings. The van der Waals surface area contributed by atoms with Gasteiger partial charge in [-0.15, -0.1) is 6.42 Å². The molecule has 1 aromatic carbocycles. The number of nitrogens with one attached hydrogen (secondary N) is 1. The molecule has 10 heteroatoms. The molecule has 0 radical (unpaired) electrons. The van der Waals surface area contributed by atoms with E-state index in [0.29, 0.717) is 35.5 Å². The summed E-state index contributed by atoms with van der Waals surface area (Å²) in [4.78, 5) is 39.9. The van der Waals surface area contributed by atoms with E-state index in [4.69, 9.17) is 11.2 Å². The van der Waals surface area contributed by atoms with E-state index in [1.165, 1.54) is 27.2 Å². The molecule has 1 aliphatic rings. The summed E-state index contributed by atoms with van der Waals surface area (Å²) in [7, 11) is 1.54. The Morgan fingerprint density at radius 1 is 1.26 bits per heavy atom. The van der Waals surface area contributed by atoms with Gasteiger partial charge in [-0.05, 0) is 51.5 Å². The molecule has 10 nitrogen and oxygen atoms in total. The number of nitrogens with zero attached hydrogens (tertiary/aromatic N) is 4. The minimum absolute atomic E-state index is 0.111. The lowest BCUT2D eigenvalue weighted by molar-refractivity contribution is 0.0218. The Balaban J connectivity index is 1.90. The van der Waals surface area contributed by atoms with E-state index in [2.05, 4.69) is 16.3 Å². The van der Waals surface area contributed by atoms with Gasteiger partial charge in [0, 0.05) is 24.7 Å². The van der Waals surface area contributed by atoms with Crippen LogP contribution in [0.4, 0.5) is 4.79 Å². The Labute approximate surface area is 202 Å². The average Bonchev–Trinajstić information content (AvgIpc) is 3.27. The van der Waals surface area contributed by atoms with E-state index in [0.717, 1.165) is 0 Å². The van der Waals surface area contributed by atoms with Gasteiger partial charge in [0.2, 0.25) is 0 Å². The van der Waals surface area contributed by atoms with E-state index >= 15 is 0 Å². The first kappa shape index (κ1) is 24.0. The number of aliphatic hydroxyl groups is 1. The molecule has 1 aliphatic heterocycles. The van der Waals surface area contributed by atoms with Gasteiger partial charge in [-0.1, -0.05) is 5.92 Å². The highest BCUT2D eigenvalue weighted by Gasteiger charge is 2.31. The van der Waals surface area contributed by atoms with Gasteiger partial charge in [0.25, 0.3) is 11.5 Å². The molecule has 0 saturated carbocycles. The molecule has 2 N–H and O–H groups in total. The average molecular weight is 478 g/mol. The van der Waals surface area contributed by atoms with E-state index in [9.17, 15) is 19.5 Å². The Morgan fingerprint density at radius 3 is 2.54 bits per heavy atom. The van der Waals surface area contributed by atoms with E-state index in [1.807, 2.05) is 0 Å². The maximum Gasteiger partial charge on any atom is 0.410 e. The molecule has 2 amide bonds. The molecule has 1 atom stereocenters. The minimum atomic E-state index is -1.30. The summed E-state index contributed by atoms with van der Waals surface area (Å²) in [5.41, 5.74) is 1.53. The number of aromatic nitrogens is 3. The van der Waals surface area contributed by atoms with Crippen LogP contribution in [-0.2, 0) is 17.7 Å². The normalized spacial score (nSPS) is 14.2. The molecular weight excluding hydrogens is 450 g/mol. The summed E-state index contributed by atoms with van der Waals surface area (Å²) in [6.45, 7) is 5.78. The fourth-order valence-electron chi connectivity index (χ4n) is 4.09. The Kier molecular flexibility index (Phi) is 6.13. The van der Waals surface area contributed by atoms with Crippen molar-refractivity contribution in [2.75, 3.05) is 13.6 Å². The number of amides is 2. The van der Waals surface area contributed by atoms with Gasteiger partial charge in [-0.25, -0.2) is 9.31 Å². The number of terminal acetylenes is 1. The first-order chi connectivity index (χ1) is 16.6. The largest absolute Gasteiger partial charge is 0.444 e. The van der Waals surface area contributed by atoms with Gasteiger partial charge in [-0.3, -0.25) is 14.2 Å². The summed E-state index contributed by atoms with van der Waals surface area (Å²) >= 11 is 0. The first-order valence-corrected chi connectivity index (χ1v) is 11.1. The van der Waals surface area contributed by atoms with Crippen LogP contribution in [0.25, 0.3) is 11.3 Å². The van der Waals surface area contributed by atoms with Gasteiger partial charge in [0.15, 0.2) is 0 Å². The number of carbonyl (C=O) groups excluding carboxylic acids is 2. The zero-order valence-electron chi connectivity index (χ0n) is 20.0. The van der Waals surface area contributed by atoms with Crippen LogP contribution in [0.15, 0.2) is 35.3 Å². The van der Waals surface area contributed by atoms with Gasteiger partial charge in [0.05, 0.1) is 29.7 Å². The van der Waals surface area contributed by atoms with Crippen LogP contribution >= 0.6 is 0 Å². The number of rotatable bonds is 3. The minimum Gasteiger partial charge on any atom is -0.444 e. The van der Waals surface area contributed by atoms with Crippen molar-refractivity contribution in [3.63, 3.8) is 0 Å². The Hall–Kier alpha value is -4.10. The zero-order chi connectivity index (χ0) is 25.5. The smallest absolute Gasteiger partial charge is 0.410 e. The van der Waals surface area contributed by atoms with E-state index < -0.39 is 17.8 Å². The van der Waals surface area contributed by atoms with Crippen LogP contribution in [0.3, 0.4) is 0 Å². The van der Waals surface area contributed by atoms with Crippen LogP contribution in [0.5, 0.6) is 0 Å². The van der Waals surface area contributed by atoms with Crippen molar-refractivity contribution in [2.45, 2.75) is 45.4 Å². The molecule has 35 heavy (non-hydrogen) atoms. The maximum atomic E-state index is 13.7. The van der Waals surface area contributed by atoms with Crippen molar-refractivity contribution in [1.82, 2.24) is 24.4 Å². The number of benzene rings is 1. The Morgan fingerprint density at radius 2 is 1.94 bits per heavy atom. The summed E-state index contributed by atoms with van der Waals surface area (Å²) in [5.74, 6) is 2.02. The number of ether oxygens (including phenoxy) is 1. The summed E-state index contributed by atoms with van der Waals surface area (Å²) in [6, 6.07) is 6.50. The summed E-state index contributed by atoms with van der Waals surface area (Å²) in [6.07, 6.45) is 5.40. The topological polar surface area (TPSA) is 118 Å². The number of carbonyl (C=O) groups is 2. The summed E-state index contributed by atoms with van der Waals surface area (Å²) in [5, 5.41) is 17.4. The molecule has 0 bridgehead atoms. The second-order valence-corrected chi connectivity index (χ2v) is 9.25. The van der Waals surface area contributed by atoms with Gasteiger partial charge < -0.3 is 20.1 Å². The van der Waals surface area contributed by atoms with Crippen molar-refractivity contribution in [1.29, 1.82) is 0 Å². The van der Waals surface area contributed by atoms with Crippen molar-refractivity contribution in [3.8, 4) is 18.0 Å². The second kappa shape index (κ2) is 8.92. The first-order valence-electron chi connectivity index (χ1n) is 11.1. The van der Waals surface area contributed by atoms with E-state index in [-0.39, 0.29) is 29.2 Å². The van der Waals surface area contributed by atoms with Crippen molar-refractivity contribution < 1.29 is 19.4 Å². The van der Waals surface area contributed by atoms with Gasteiger partial charge >= 0.3 is 6.09 Å². The number of fused-ring (bicyclic) bond motifs is 3. The lowest BCUT2D eigenvalue weighted by Crippen LogP contribution is -2.43. The second-order valence-electron chi connectivity index (χ2n) is 9.25. The highest BCUT2D eigenvalue weighted by molar-refractivity contribution is 5.94. The van der Waals surface area contributed by atoms with Crippen LogP contribution in [0, 0.1) is 12.3 Å². The molecule has 4 rings (SSSR count). The standard InChI is InChI=1S/C25H27N5O5/c1-6-20(31)18-13-27-30-19-14-28(24(34)35-25(2,3)4)12-11-17(19)23(33)29(22(18)30)16-9-7-15(8-10-16)21(32)26-5/h1,7-10,13,20,31H,11-12,14H2,2-5H3,(H,26,32). The monoisotopic (exact) mass is 477 g/mol. The molecule has 2 aromatic heterocycles. The zero-order valence-corrected chi connectivity index (χ0v) is 20.0. The van der Waals surface area contributed by atoms with Gasteiger partial charge in [-0.2, -0.15) is 5.10 Å². The predicted molar refractivity (Wildman–Crippen MR) is 128 cm³/mol. The predicted octanol–water partition coefficient (Wildman–Crippen LogP) is 1.80. The number of hydrogen-bond acceptors (Lipinski definition) is 6. The van der Waals surface area contributed by atoms with Crippen molar-refractivity contribution in [2.24, 2.45) is 0 Å². The molecule has 1 unspecified atom stereocenters. The molecule has 3 aromatic rings. The van der Waals surface area contributed by atoms with Crippen LogP contribution in [0.1, 0.15) is 54.1 Å². The molecule has 0 spiro atoms. The van der Waals surface area contributed by atoms with Crippen molar-refractivity contribution in [3.05, 3.63) is 63.2 Å². The van der Waals surface area contributed by atoms with Crippen molar-refractivity contribution >= 4 is 17.6 Å². The number of hydrogen-bond donors (Lipinski definition) is 2. The van der Waals surface area contributed by atoms with Crippen LogP contribution in [0.2, 0.25) is 0 Å². The molecule has 0 saturated heterocycles. The molecule has 3 heterocycles. The fraction of sp³-hybridized carbons (Fsp3) is 0.360.